The van der Waals surface area contributed by atoms with Gasteiger partial charge in [0.2, 0.25) is 5.91 Å². The number of carbonyl (C=O) groups is 1. The van der Waals surface area contributed by atoms with Gasteiger partial charge in [-0.3, -0.25) is 9.36 Å². The van der Waals surface area contributed by atoms with Gasteiger partial charge in [0.05, 0.1) is 5.52 Å². The molecule has 2 aliphatic heterocycles. The van der Waals surface area contributed by atoms with Gasteiger partial charge in [-0.15, -0.1) is 12.4 Å². The zero-order chi connectivity index (χ0) is 17.6. The normalized spacial score (nSPS) is 24.5. The molecule has 1 amide bonds. The third kappa shape index (κ3) is 3.63. The first-order valence-electron chi connectivity index (χ1n) is 8.82. The van der Waals surface area contributed by atoms with E-state index in [-0.39, 0.29) is 24.7 Å². The number of carbonyl (C=O) groups excluding carboxylic acids is 1. The highest BCUT2D eigenvalue weighted by molar-refractivity contribution is 6.31. The van der Waals surface area contributed by atoms with Gasteiger partial charge in [0.15, 0.2) is 5.58 Å². The summed E-state index contributed by atoms with van der Waals surface area (Å²) in [6.07, 6.45) is 4.74. The number of piperidine rings is 1. The third-order valence-electron chi connectivity index (χ3n) is 5.57. The van der Waals surface area contributed by atoms with E-state index in [4.69, 9.17) is 16.0 Å². The van der Waals surface area contributed by atoms with Crippen molar-refractivity contribution in [3.63, 3.8) is 0 Å². The van der Waals surface area contributed by atoms with Crippen molar-refractivity contribution in [2.75, 3.05) is 7.05 Å². The topological polar surface area (TPSA) is 67.5 Å². The smallest absolute Gasteiger partial charge is 0.408 e. The van der Waals surface area contributed by atoms with Gasteiger partial charge in [-0.1, -0.05) is 11.6 Å². The fraction of sp³-hybridized carbons (Fsp3) is 0.556. The SMILES string of the molecule is CN(C(=O)CCn1c(=O)oc2cc(Cl)ccc21)C1CC2CCC(C1)N2.Cl. The Morgan fingerprint density at radius 2 is 2.04 bits per heavy atom. The minimum atomic E-state index is -0.451. The molecule has 1 aromatic heterocycles. The van der Waals surface area contributed by atoms with E-state index in [0.717, 1.165) is 12.8 Å². The highest BCUT2D eigenvalue weighted by atomic mass is 35.5. The third-order valence-corrected chi connectivity index (χ3v) is 5.80. The average Bonchev–Trinajstić information content (AvgIpc) is 3.09. The standard InChI is InChI=1S/C18H22ClN3O3.ClH/c1-21(14-9-12-3-4-13(10-14)20-12)17(23)6-7-22-15-5-2-11(19)8-16(15)25-18(22)24;/h2,5,8,12-14,20H,3-4,6-7,9-10H2,1H3;1H. The number of oxazole rings is 1. The van der Waals surface area contributed by atoms with Gasteiger partial charge in [0, 0.05) is 49.2 Å². The van der Waals surface area contributed by atoms with Crippen LogP contribution in [0, 0.1) is 0 Å². The van der Waals surface area contributed by atoms with Crippen molar-refractivity contribution in [1.29, 1.82) is 0 Å². The molecular formula is C18H23Cl2N3O3. The first-order valence-corrected chi connectivity index (χ1v) is 9.19. The first kappa shape index (κ1) is 19.3. The van der Waals surface area contributed by atoms with Crippen molar-refractivity contribution in [1.82, 2.24) is 14.8 Å². The predicted octanol–water partition coefficient (Wildman–Crippen LogP) is 2.80. The summed E-state index contributed by atoms with van der Waals surface area (Å²) >= 11 is 5.93. The molecule has 0 radical (unpaired) electrons. The second kappa shape index (κ2) is 7.62. The number of aryl methyl sites for hydroxylation is 1. The fourth-order valence-corrected chi connectivity index (χ4v) is 4.34. The van der Waals surface area contributed by atoms with E-state index >= 15 is 0 Å². The van der Waals surface area contributed by atoms with Crippen molar-refractivity contribution in [3.8, 4) is 0 Å². The number of benzene rings is 1. The summed E-state index contributed by atoms with van der Waals surface area (Å²) in [5.74, 6) is -0.380. The predicted molar refractivity (Wildman–Crippen MR) is 103 cm³/mol. The molecule has 1 N–H and O–H groups in total. The molecule has 2 atom stereocenters. The van der Waals surface area contributed by atoms with Gasteiger partial charge in [-0.2, -0.15) is 0 Å². The zero-order valence-electron chi connectivity index (χ0n) is 14.6. The summed E-state index contributed by atoms with van der Waals surface area (Å²) in [4.78, 5) is 26.5. The van der Waals surface area contributed by atoms with Crippen molar-refractivity contribution >= 4 is 41.0 Å². The molecule has 4 rings (SSSR count). The number of halogens is 2. The summed E-state index contributed by atoms with van der Waals surface area (Å²) in [5.41, 5.74) is 1.12. The molecule has 2 aliphatic rings. The maximum absolute atomic E-state index is 12.6. The molecule has 1 aromatic carbocycles. The molecule has 3 heterocycles. The molecular weight excluding hydrogens is 377 g/mol. The maximum Gasteiger partial charge on any atom is 0.419 e. The van der Waals surface area contributed by atoms with E-state index in [2.05, 4.69) is 5.32 Å². The Morgan fingerprint density at radius 1 is 1.35 bits per heavy atom. The summed E-state index contributed by atoms with van der Waals surface area (Å²) in [6, 6.07) is 6.47. The van der Waals surface area contributed by atoms with E-state index in [1.165, 1.54) is 17.4 Å². The minimum Gasteiger partial charge on any atom is -0.408 e. The Kier molecular flexibility index (Phi) is 5.65. The number of amides is 1. The molecule has 2 saturated heterocycles. The molecule has 0 aliphatic carbocycles. The van der Waals surface area contributed by atoms with Crippen LogP contribution in [-0.4, -0.2) is 40.5 Å². The van der Waals surface area contributed by atoms with Gasteiger partial charge in [-0.25, -0.2) is 4.79 Å². The van der Waals surface area contributed by atoms with Crippen LogP contribution in [0.25, 0.3) is 11.1 Å². The summed E-state index contributed by atoms with van der Waals surface area (Å²) in [5, 5.41) is 4.11. The Morgan fingerprint density at radius 3 is 2.73 bits per heavy atom. The van der Waals surface area contributed by atoms with E-state index in [1.807, 2.05) is 11.9 Å². The second-order valence-corrected chi connectivity index (χ2v) is 7.59. The van der Waals surface area contributed by atoms with Crippen molar-refractivity contribution < 1.29 is 9.21 Å². The zero-order valence-corrected chi connectivity index (χ0v) is 16.2. The highest BCUT2D eigenvalue weighted by Crippen LogP contribution is 2.29. The van der Waals surface area contributed by atoms with Gasteiger partial charge in [0.1, 0.15) is 0 Å². The Hall–Kier alpha value is -1.50. The highest BCUT2D eigenvalue weighted by Gasteiger charge is 2.36. The Balaban J connectivity index is 0.00000196. The number of nitrogens with zero attached hydrogens (tertiary/aromatic N) is 2. The molecule has 0 spiro atoms. The Labute approximate surface area is 162 Å². The molecule has 0 saturated carbocycles. The van der Waals surface area contributed by atoms with Gasteiger partial charge in [-0.05, 0) is 37.8 Å². The summed E-state index contributed by atoms with van der Waals surface area (Å²) in [7, 11) is 1.88. The van der Waals surface area contributed by atoms with Crippen LogP contribution in [0.4, 0.5) is 0 Å². The number of nitrogens with one attached hydrogen (secondary N) is 1. The maximum atomic E-state index is 12.6. The van der Waals surface area contributed by atoms with Crippen molar-refractivity contribution in [2.24, 2.45) is 0 Å². The van der Waals surface area contributed by atoms with E-state index in [9.17, 15) is 9.59 Å². The summed E-state index contributed by atoms with van der Waals surface area (Å²) < 4.78 is 6.72. The lowest BCUT2D eigenvalue weighted by molar-refractivity contribution is -0.132. The van der Waals surface area contributed by atoms with Crippen LogP contribution in [0.3, 0.4) is 0 Å². The molecule has 6 nitrogen and oxygen atoms in total. The number of aromatic nitrogens is 1. The number of hydrogen-bond donors (Lipinski definition) is 1. The van der Waals surface area contributed by atoms with Crippen LogP contribution in [0.15, 0.2) is 27.4 Å². The van der Waals surface area contributed by atoms with Crippen LogP contribution in [0.2, 0.25) is 5.02 Å². The number of hydrogen-bond acceptors (Lipinski definition) is 4. The van der Waals surface area contributed by atoms with E-state index in [0.29, 0.717) is 40.8 Å². The van der Waals surface area contributed by atoms with Crippen LogP contribution in [0.5, 0.6) is 0 Å². The second-order valence-electron chi connectivity index (χ2n) is 7.15. The van der Waals surface area contributed by atoms with Crippen molar-refractivity contribution in [3.05, 3.63) is 33.8 Å². The van der Waals surface area contributed by atoms with Gasteiger partial charge >= 0.3 is 5.76 Å². The fourth-order valence-electron chi connectivity index (χ4n) is 4.18. The number of fused-ring (bicyclic) bond motifs is 3. The van der Waals surface area contributed by atoms with Crippen LogP contribution >= 0.6 is 24.0 Å². The van der Waals surface area contributed by atoms with Crippen LogP contribution in [-0.2, 0) is 11.3 Å². The quantitative estimate of drug-likeness (QED) is 0.857. The monoisotopic (exact) mass is 399 g/mol. The van der Waals surface area contributed by atoms with Gasteiger partial charge in [0.25, 0.3) is 0 Å². The average molecular weight is 400 g/mol. The molecule has 26 heavy (non-hydrogen) atoms. The summed E-state index contributed by atoms with van der Waals surface area (Å²) in [6.45, 7) is 0.314. The lowest BCUT2D eigenvalue weighted by Gasteiger charge is -2.35. The molecule has 8 heteroatoms. The lowest BCUT2D eigenvalue weighted by atomic mass is 9.98. The molecule has 2 bridgehead atoms. The van der Waals surface area contributed by atoms with Crippen LogP contribution < -0.4 is 11.1 Å². The molecule has 2 unspecified atom stereocenters. The minimum absolute atomic E-state index is 0. The van der Waals surface area contributed by atoms with E-state index in [1.54, 1.807) is 18.2 Å². The van der Waals surface area contributed by atoms with Crippen molar-refractivity contribution in [2.45, 2.75) is 56.8 Å². The first-order chi connectivity index (χ1) is 12.0. The number of rotatable bonds is 4. The van der Waals surface area contributed by atoms with Crippen LogP contribution in [0.1, 0.15) is 32.1 Å². The molecule has 2 fully saturated rings. The molecule has 2 aromatic rings. The van der Waals surface area contributed by atoms with Gasteiger partial charge < -0.3 is 14.6 Å². The largest absolute Gasteiger partial charge is 0.419 e. The molecule has 142 valence electrons. The lowest BCUT2D eigenvalue weighted by Crippen LogP contribution is -2.48. The van der Waals surface area contributed by atoms with E-state index < -0.39 is 5.76 Å². The Bertz CT molecular complexity index is 851.